The number of ether oxygens (including phenoxy) is 2. The number of rotatable bonds is 8. The van der Waals surface area contributed by atoms with Crippen LogP contribution in [-0.2, 0) is 20.9 Å². The van der Waals surface area contributed by atoms with Gasteiger partial charge in [-0.2, -0.15) is 0 Å². The Kier molecular flexibility index (Phi) is 9.36. The van der Waals surface area contributed by atoms with Crippen LogP contribution in [0.2, 0.25) is 0 Å². The molecule has 0 bridgehead atoms. The summed E-state index contributed by atoms with van der Waals surface area (Å²) < 4.78 is 9.82. The molecule has 5 nitrogen and oxygen atoms in total. The number of hydrogen-bond donors (Lipinski definition) is 1. The Morgan fingerprint density at radius 3 is 2.55 bits per heavy atom. The fraction of sp³-hybridized carbons (Fsp3) is 0.429. The van der Waals surface area contributed by atoms with Crippen molar-refractivity contribution in [3.8, 4) is 0 Å². The molecule has 0 unspecified atom stereocenters. The summed E-state index contributed by atoms with van der Waals surface area (Å²) in [5.41, 5.74) is 0.889. The Balaban J connectivity index is 2.42. The molecular weight excluding hydrogens is 341 g/mol. The molecule has 1 atom stereocenters. The highest BCUT2D eigenvalue weighted by molar-refractivity contribution is 8.98. The molecule has 0 aromatic heterocycles. The molecule has 0 saturated carbocycles. The van der Waals surface area contributed by atoms with Crippen molar-refractivity contribution >= 4 is 40.4 Å². The molecule has 22 heavy (non-hydrogen) atoms. The van der Waals surface area contributed by atoms with E-state index < -0.39 is 18.1 Å². The molecule has 0 aliphatic carbocycles. The highest BCUT2D eigenvalue weighted by Crippen LogP contribution is 2.50. The maximum Gasteiger partial charge on any atom is 0.408 e. The van der Waals surface area contributed by atoms with E-state index in [1.165, 1.54) is 7.11 Å². The van der Waals surface area contributed by atoms with Crippen LogP contribution < -0.4 is 5.32 Å². The first-order valence-corrected chi connectivity index (χ1v) is 11.7. The minimum Gasteiger partial charge on any atom is -0.467 e. The standard InChI is InChI=1S/C14H20NO4PS2/c1-18-13(16)12(10-21-22-20(2)3)15-14(17)19-9-11-7-5-4-6-8-11/h4-8,12H,9-10H2,1-3H3,(H,15,17)/t12-/m0/s1. The molecule has 0 heterocycles. The number of methoxy groups -OCH3 is 1. The Hall–Kier alpha value is -0.910. The van der Waals surface area contributed by atoms with Gasteiger partial charge in [0.2, 0.25) is 0 Å². The molecule has 0 radical (unpaired) electrons. The Morgan fingerprint density at radius 2 is 1.95 bits per heavy atom. The average Bonchev–Trinajstić information content (AvgIpc) is 2.52. The number of benzene rings is 1. The van der Waals surface area contributed by atoms with Crippen LogP contribution in [0.3, 0.4) is 0 Å². The van der Waals surface area contributed by atoms with Crippen molar-refractivity contribution < 1.29 is 19.1 Å². The smallest absolute Gasteiger partial charge is 0.408 e. The number of carbonyl (C=O) groups is 2. The summed E-state index contributed by atoms with van der Waals surface area (Å²) in [6, 6.07) is 8.65. The van der Waals surface area contributed by atoms with Crippen molar-refractivity contribution in [2.24, 2.45) is 0 Å². The van der Waals surface area contributed by atoms with Crippen LogP contribution in [0.25, 0.3) is 0 Å². The molecule has 0 aliphatic rings. The predicted molar refractivity (Wildman–Crippen MR) is 94.4 cm³/mol. The van der Waals surface area contributed by atoms with Gasteiger partial charge in [-0.3, -0.25) is 0 Å². The van der Waals surface area contributed by atoms with E-state index in [0.29, 0.717) is 5.75 Å². The van der Waals surface area contributed by atoms with E-state index in [2.05, 4.69) is 18.6 Å². The van der Waals surface area contributed by atoms with Crippen LogP contribution >= 0.6 is 28.3 Å². The minimum atomic E-state index is -0.708. The molecule has 1 N–H and O–H groups in total. The van der Waals surface area contributed by atoms with Crippen molar-refractivity contribution in [2.45, 2.75) is 12.6 Å². The molecule has 1 aromatic carbocycles. The van der Waals surface area contributed by atoms with E-state index in [-0.39, 0.29) is 13.7 Å². The first kappa shape index (κ1) is 19.1. The molecule has 0 saturated heterocycles. The fourth-order valence-corrected chi connectivity index (χ4v) is 5.72. The third kappa shape index (κ3) is 7.92. The highest BCUT2D eigenvalue weighted by atomic mass is 33.3. The van der Waals surface area contributed by atoms with Crippen molar-refractivity contribution in [2.75, 3.05) is 26.2 Å². The van der Waals surface area contributed by atoms with Gasteiger partial charge < -0.3 is 14.8 Å². The van der Waals surface area contributed by atoms with Crippen LogP contribution in [0.5, 0.6) is 0 Å². The molecule has 1 aromatic rings. The van der Waals surface area contributed by atoms with Crippen molar-refractivity contribution in [3.63, 3.8) is 0 Å². The first-order chi connectivity index (χ1) is 10.5. The number of hydrogen-bond acceptors (Lipinski definition) is 6. The lowest BCUT2D eigenvalue weighted by Gasteiger charge is -2.16. The summed E-state index contributed by atoms with van der Waals surface area (Å²) in [6.45, 7) is 4.42. The normalized spacial score (nSPS) is 11.8. The average molecular weight is 361 g/mol. The van der Waals surface area contributed by atoms with Crippen LogP contribution in [0, 0.1) is 0 Å². The van der Waals surface area contributed by atoms with Gasteiger partial charge in [-0.25, -0.2) is 9.59 Å². The summed E-state index contributed by atoms with van der Waals surface area (Å²) in [5, 5.41) is 2.55. The molecule has 1 rings (SSSR count). The molecule has 8 heteroatoms. The van der Waals surface area contributed by atoms with Gasteiger partial charge in [0.1, 0.15) is 12.6 Å². The van der Waals surface area contributed by atoms with Crippen molar-refractivity contribution in [3.05, 3.63) is 35.9 Å². The predicted octanol–water partition coefficient (Wildman–Crippen LogP) is 3.49. The quantitative estimate of drug-likeness (QED) is 0.434. The van der Waals surface area contributed by atoms with Crippen molar-refractivity contribution in [1.29, 1.82) is 0 Å². The van der Waals surface area contributed by atoms with Gasteiger partial charge in [0.05, 0.1) is 7.11 Å². The van der Waals surface area contributed by atoms with Gasteiger partial charge in [0.25, 0.3) is 0 Å². The van der Waals surface area contributed by atoms with Gasteiger partial charge in [-0.05, 0) is 26.0 Å². The first-order valence-electron chi connectivity index (χ1n) is 6.55. The van der Waals surface area contributed by atoms with Crippen LogP contribution in [0.15, 0.2) is 30.3 Å². The lowest BCUT2D eigenvalue weighted by atomic mass is 10.2. The molecule has 0 fully saturated rings. The molecule has 122 valence electrons. The zero-order valence-corrected chi connectivity index (χ0v) is 15.3. The van der Waals surface area contributed by atoms with Gasteiger partial charge in [-0.15, -0.1) is 0 Å². The third-order valence-electron chi connectivity index (χ3n) is 2.43. The van der Waals surface area contributed by atoms with E-state index >= 15 is 0 Å². The lowest BCUT2D eigenvalue weighted by Crippen LogP contribution is -2.43. The van der Waals surface area contributed by atoms with E-state index in [1.54, 1.807) is 21.2 Å². The number of alkyl carbamates (subject to hydrolysis) is 1. The second kappa shape index (κ2) is 10.8. The van der Waals surface area contributed by atoms with Crippen LogP contribution in [-0.4, -0.2) is 44.3 Å². The maximum atomic E-state index is 11.8. The maximum absolute atomic E-state index is 11.8. The van der Waals surface area contributed by atoms with E-state index in [4.69, 9.17) is 9.47 Å². The summed E-state index contributed by atoms with van der Waals surface area (Å²) in [6.07, 6.45) is -0.625. The second-order valence-electron chi connectivity index (χ2n) is 4.45. The molecular formula is C14H20NO4PS2. The molecule has 0 spiro atoms. The van der Waals surface area contributed by atoms with E-state index in [0.717, 1.165) is 5.56 Å². The Labute approximate surface area is 139 Å². The zero-order valence-electron chi connectivity index (χ0n) is 12.8. The van der Waals surface area contributed by atoms with Gasteiger partial charge in [-0.1, -0.05) is 51.5 Å². The SMILES string of the molecule is COC(=O)[C@H](CSSP(C)C)NC(=O)OCc1ccccc1. The molecule has 0 aliphatic heterocycles. The lowest BCUT2D eigenvalue weighted by molar-refractivity contribution is -0.142. The fourth-order valence-electron chi connectivity index (χ4n) is 1.42. The van der Waals surface area contributed by atoms with Crippen molar-refractivity contribution in [1.82, 2.24) is 5.32 Å². The Bertz CT molecular complexity index is 473. The largest absolute Gasteiger partial charge is 0.467 e. The Morgan fingerprint density at radius 1 is 1.27 bits per heavy atom. The number of esters is 1. The topological polar surface area (TPSA) is 64.6 Å². The van der Waals surface area contributed by atoms with E-state index in [1.807, 2.05) is 30.3 Å². The zero-order chi connectivity index (χ0) is 16.4. The summed E-state index contributed by atoms with van der Waals surface area (Å²) >= 11 is 0. The number of carbonyl (C=O) groups excluding carboxylic acids is 2. The number of nitrogens with one attached hydrogen (secondary N) is 1. The monoisotopic (exact) mass is 361 g/mol. The number of amides is 1. The second-order valence-corrected chi connectivity index (χ2v) is 11.5. The van der Waals surface area contributed by atoms with Gasteiger partial charge >= 0.3 is 12.1 Å². The molecule has 1 amide bonds. The minimum absolute atomic E-state index is 0.128. The third-order valence-corrected chi connectivity index (χ3v) is 8.55. The van der Waals surface area contributed by atoms with Gasteiger partial charge in [0.15, 0.2) is 0 Å². The summed E-state index contributed by atoms with van der Waals surface area (Å²) in [7, 11) is 4.42. The van der Waals surface area contributed by atoms with Crippen LogP contribution in [0.4, 0.5) is 4.79 Å². The highest BCUT2D eigenvalue weighted by Gasteiger charge is 2.22. The van der Waals surface area contributed by atoms with E-state index in [9.17, 15) is 9.59 Å². The summed E-state index contributed by atoms with van der Waals surface area (Å²) in [4.78, 5) is 23.5. The van der Waals surface area contributed by atoms with Gasteiger partial charge in [0, 0.05) is 5.75 Å². The summed E-state index contributed by atoms with van der Waals surface area (Å²) in [5.74, 6) is -0.0283. The van der Waals surface area contributed by atoms with Crippen LogP contribution in [0.1, 0.15) is 5.56 Å².